The second-order valence-electron chi connectivity index (χ2n) is 3.57. The van der Waals surface area contributed by atoms with Gasteiger partial charge >= 0.3 is 108 Å². The monoisotopic (exact) mass is 582 g/mol. The van der Waals surface area contributed by atoms with Gasteiger partial charge in [0.1, 0.15) is 0 Å². The molecule has 1 aromatic rings. The van der Waals surface area contributed by atoms with Crippen LogP contribution in [0.4, 0.5) is 13.2 Å². The normalized spacial score (nSPS) is 11.4. The van der Waals surface area contributed by atoms with Crippen LogP contribution in [0.1, 0.15) is 11.1 Å². The zero-order chi connectivity index (χ0) is 16.5. The van der Waals surface area contributed by atoms with Crippen LogP contribution in [0.25, 0.3) is 0 Å². The summed E-state index contributed by atoms with van der Waals surface area (Å²) in [5.41, 5.74) is -0.0139. The Morgan fingerprint density at radius 1 is 1.00 bits per heavy atom. The first-order valence-corrected chi connectivity index (χ1v) is 20.2. The number of methoxy groups -OCH3 is 2. The Balaban J connectivity index is 0.000000567. The van der Waals surface area contributed by atoms with Gasteiger partial charge in [0, 0.05) is 14.2 Å². The molecule has 0 atom stereocenters. The number of hydrogen-bond acceptors (Lipinski definition) is 2. The Labute approximate surface area is 144 Å². The molecule has 21 heavy (non-hydrogen) atoms. The fourth-order valence-corrected chi connectivity index (χ4v) is 5.34. The molecule has 0 aliphatic heterocycles. The molecule has 1 rings (SSSR count). The van der Waals surface area contributed by atoms with E-state index in [-0.39, 0.29) is 0 Å². The van der Waals surface area contributed by atoms with Crippen LogP contribution in [0.15, 0.2) is 24.3 Å². The predicted octanol–water partition coefficient (Wildman–Crippen LogP) is 5.38. The molecule has 0 saturated heterocycles. The summed E-state index contributed by atoms with van der Waals surface area (Å²) >= 11 is 10.1. The second-order valence-corrected chi connectivity index (χ2v) is 38.7. The molecule has 0 amide bonds. The molecule has 0 fully saturated rings. The van der Waals surface area contributed by atoms with Gasteiger partial charge in [-0.15, -0.1) is 0 Å². The topological polar surface area (TPSA) is 18.5 Å². The molecule has 0 N–H and O–H groups in total. The molecule has 0 bridgehead atoms. The van der Waals surface area contributed by atoms with E-state index < -0.39 is 21.0 Å². The van der Waals surface area contributed by atoms with Gasteiger partial charge in [0.05, 0.1) is 13.2 Å². The van der Waals surface area contributed by atoms with E-state index in [9.17, 15) is 13.2 Å². The van der Waals surface area contributed by atoms with E-state index >= 15 is 0 Å². The van der Waals surface area contributed by atoms with Gasteiger partial charge in [0.25, 0.3) is 0 Å². The zero-order valence-electron chi connectivity index (χ0n) is 11.2. The molecule has 9 heteroatoms. The van der Waals surface area contributed by atoms with Gasteiger partial charge in [-0.05, 0) is 0 Å². The summed E-state index contributed by atoms with van der Waals surface area (Å²) in [6, 6.07) is 4.88. The summed E-state index contributed by atoms with van der Waals surface area (Å²) in [5.74, 6) is 0. The maximum absolute atomic E-state index is 12.2. The summed E-state index contributed by atoms with van der Waals surface area (Å²) < 4.78 is 49.0. The fourth-order valence-electron chi connectivity index (χ4n) is 1.03. The molecule has 0 heterocycles. The van der Waals surface area contributed by atoms with E-state index in [1.807, 2.05) is 0 Å². The molecular formula is C12H14Br3F3MoO2. The number of benzene rings is 1. The van der Waals surface area contributed by atoms with E-state index in [0.717, 1.165) is 12.1 Å². The molecule has 0 unspecified atom stereocenters. The van der Waals surface area contributed by atoms with E-state index in [2.05, 4.69) is 53.6 Å². The second kappa shape index (κ2) is 10.6. The van der Waals surface area contributed by atoms with Gasteiger partial charge in [-0.3, -0.25) is 0 Å². The Morgan fingerprint density at radius 2 is 1.43 bits per heavy atom. The van der Waals surface area contributed by atoms with Gasteiger partial charge in [-0.1, -0.05) is 0 Å². The molecule has 122 valence electrons. The third-order valence-electron chi connectivity index (χ3n) is 1.94. The zero-order valence-corrected chi connectivity index (χ0v) is 18.0. The summed E-state index contributed by atoms with van der Waals surface area (Å²) in [7, 11) is 0.756. The van der Waals surface area contributed by atoms with Gasteiger partial charge in [0.2, 0.25) is 0 Å². The minimum atomic E-state index is -4.28. The molecule has 0 aromatic heterocycles. The third kappa shape index (κ3) is 12.0. The van der Waals surface area contributed by atoms with Crippen LogP contribution in [0, 0.1) is 4.20 Å². The molecule has 0 saturated carbocycles. The Kier molecular flexibility index (Phi) is 11.0. The van der Waals surface area contributed by atoms with Crippen LogP contribution in [-0.2, 0) is 24.9 Å². The number of ether oxygens (including phenoxy) is 2. The van der Waals surface area contributed by atoms with Crippen molar-refractivity contribution in [2.24, 2.45) is 0 Å². The SMILES string of the molecule is COCCOC.FC(F)(F)c1ccc([C]#[Mo]([Br])([Br])[Br])cc1. The molecule has 0 aliphatic rings. The molecule has 0 radical (unpaired) electrons. The number of hydrogen-bond donors (Lipinski definition) is 0. The van der Waals surface area contributed by atoms with Crippen molar-refractivity contribution in [2.75, 3.05) is 27.4 Å². The van der Waals surface area contributed by atoms with Crippen LogP contribution < -0.4 is 0 Å². The standard InChI is InChI=1S/C8H4F3.C4H10O2.3BrH.Mo/c1-6-2-4-7(5-3-6)8(9,10)11;1-5-3-4-6-2;;;;/h2-5H;3-4H2,1-2H3;3*1H;/q;;;;;+3/p-3. The van der Waals surface area contributed by atoms with Crippen LogP contribution >= 0.6 is 39.9 Å². The quantitative estimate of drug-likeness (QED) is 0.352. The van der Waals surface area contributed by atoms with Crippen molar-refractivity contribution in [3.63, 3.8) is 0 Å². The Hall–Kier alpha value is 0.838. The van der Waals surface area contributed by atoms with Crippen molar-refractivity contribution in [3.05, 3.63) is 35.4 Å². The van der Waals surface area contributed by atoms with Crippen LogP contribution in [0.2, 0.25) is 0 Å². The Bertz CT molecular complexity index is 509. The van der Waals surface area contributed by atoms with E-state index in [1.54, 1.807) is 14.2 Å². The molecule has 0 spiro atoms. The first-order valence-electron chi connectivity index (χ1n) is 5.45. The van der Waals surface area contributed by atoms with Crippen molar-refractivity contribution >= 4 is 39.9 Å². The van der Waals surface area contributed by atoms with Gasteiger partial charge in [-0.2, -0.15) is 0 Å². The van der Waals surface area contributed by atoms with Crippen LogP contribution in [0.5, 0.6) is 0 Å². The first kappa shape index (κ1) is 21.8. The van der Waals surface area contributed by atoms with Crippen molar-refractivity contribution < 1.29 is 31.9 Å². The summed E-state index contributed by atoms with van der Waals surface area (Å²) in [6.45, 7) is 1.38. The minimum absolute atomic E-state index is 0.634. The molecular weight excluding hydrogens is 569 g/mol. The van der Waals surface area contributed by atoms with Gasteiger partial charge < -0.3 is 9.47 Å². The number of halogens is 6. The van der Waals surface area contributed by atoms with Gasteiger partial charge in [0.15, 0.2) is 0 Å². The average molecular weight is 583 g/mol. The molecule has 1 aromatic carbocycles. The van der Waals surface area contributed by atoms with Crippen LogP contribution in [-0.4, -0.2) is 27.4 Å². The first-order chi connectivity index (χ1) is 9.60. The van der Waals surface area contributed by atoms with Crippen molar-refractivity contribution in [3.8, 4) is 4.20 Å². The predicted molar refractivity (Wildman–Crippen MR) is 85.0 cm³/mol. The van der Waals surface area contributed by atoms with E-state index in [0.29, 0.717) is 18.8 Å². The summed E-state index contributed by atoms with van der Waals surface area (Å²) in [5, 5.41) is 0. The average Bonchev–Trinajstić information content (AvgIpc) is 2.34. The fraction of sp³-hybridized carbons (Fsp3) is 0.417. The molecule has 0 aliphatic carbocycles. The van der Waals surface area contributed by atoms with E-state index in [4.69, 9.17) is 0 Å². The van der Waals surface area contributed by atoms with Crippen molar-refractivity contribution in [2.45, 2.75) is 6.18 Å². The third-order valence-corrected chi connectivity index (χ3v) is 5.96. The van der Waals surface area contributed by atoms with Crippen LogP contribution in [0.3, 0.4) is 0 Å². The van der Waals surface area contributed by atoms with Crippen molar-refractivity contribution in [1.82, 2.24) is 0 Å². The molecule has 2 nitrogen and oxygen atoms in total. The number of rotatable bonds is 3. The van der Waals surface area contributed by atoms with Crippen molar-refractivity contribution in [1.29, 1.82) is 0 Å². The Morgan fingerprint density at radius 3 is 1.71 bits per heavy atom. The summed E-state index contributed by atoms with van der Waals surface area (Å²) in [6.07, 6.45) is -4.28. The number of alkyl halides is 3. The maximum atomic E-state index is 12.2. The summed E-state index contributed by atoms with van der Waals surface area (Å²) in [4.78, 5) is 0. The van der Waals surface area contributed by atoms with Gasteiger partial charge in [-0.25, -0.2) is 0 Å². The van der Waals surface area contributed by atoms with E-state index in [1.165, 1.54) is 12.1 Å².